The topological polar surface area (TPSA) is 123 Å². The van der Waals surface area contributed by atoms with Gasteiger partial charge in [0, 0.05) is 11.6 Å². The molecule has 2 N–H and O–H groups in total. The molecule has 0 atom stereocenters. The number of nitro groups is 1. The van der Waals surface area contributed by atoms with Crippen LogP contribution >= 0.6 is 0 Å². The number of hydrazone groups is 1. The van der Waals surface area contributed by atoms with Crippen molar-refractivity contribution < 1.29 is 24.3 Å². The lowest BCUT2D eigenvalue weighted by molar-refractivity contribution is -0.386. The van der Waals surface area contributed by atoms with E-state index in [1.165, 1.54) is 19.4 Å². The molecule has 2 rings (SSSR count). The Balaban J connectivity index is 1.97. The van der Waals surface area contributed by atoms with Gasteiger partial charge >= 0.3 is 5.69 Å². The molecule has 2 aromatic rings. The zero-order valence-corrected chi connectivity index (χ0v) is 14.8. The summed E-state index contributed by atoms with van der Waals surface area (Å²) in [5, 5.41) is 24.4. The molecule has 0 aliphatic heterocycles. The van der Waals surface area contributed by atoms with Crippen molar-refractivity contribution in [3.63, 3.8) is 0 Å². The van der Waals surface area contributed by atoms with E-state index in [0.717, 1.165) is 18.1 Å². The van der Waals surface area contributed by atoms with E-state index < -0.39 is 22.3 Å². The van der Waals surface area contributed by atoms with Crippen LogP contribution in [-0.2, 0) is 11.2 Å². The van der Waals surface area contributed by atoms with Crippen LogP contribution in [0.5, 0.6) is 17.2 Å². The second-order valence-corrected chi connectivity index (χ2v) is 5.43. The van der Waals surface area contributed by atoms with E-state index in [1.54, 1.807) is 6.07 Å². The van der Waals surface area contributed by atoms with Gasteiger partial charge in [-0.3, -0.25) is 14.9 Å². The summed E-state index contributed by atoms with van der Waals surface area (Å²) in [5.74, 6) is -0.566. The molecule has 9 heteroatoms. The van der Waals surface area contributed by atoms with Gasteiger partial charge < -0.3 is 14.6 Å². The van der Waals surface area contributed by atoms with Gasteiger partial charge in [0.05, 0.1) is 18.2 Å². The summed E-state index contributed by atoms with van der Waals surface area (Å²) < 4.78 is 10.3. The van der Waals surface area contributed by atoms with Crippen LogP contribution in [0.25, 0.3) is 0 Å². The molecule has 0 saturated carbocycles. The van der Waals surface area contributed by atoms with E-state index in [0.29, 0.717) is 5.75 Å². The predicted molar refractivity (Wildman–Crippen MR) is 98.4 cm³/mol. The highest BCUT2D eigenvalue weighted by Crippen LogP contribution is 2.36. The number of carbonyl (C=O) groups excluding carboxylic acids is 1. The average Bonchev–Trinajstić information content (AvgIpc) is 2.67. The second-order valence-electron chi connectivity index (χ2n) is 5.43. The largest absolute Gasteiger partial charge is 0.500 e. The molecule has 1 amide bonds. The van der Waals surface area contributed by atoms with Crippen molar-refractivity contribution in [1.82, 2.24) is 5.43 Å². The average molecular weight is 373 g/mol. The molecule has 9 nitrogen and oxygen atoms in total. The Morgan fingerprint density at radius 2 is 2.15 bits per heavy atom. The molecule has 0 aliphatic carbocycles. The lowest BCUT2D eigenvalue weighted by atomic mass is 10.2. The van der Waals surface area contributed by atoms with Crippen LogP contribution in [0.4, 0.5) is 5.69 Å². The lowest BCUT2D eigenvalue weighted by Gasteiger charge is -2.06. The molecule has 0 radical (unpaired) electrons. The maximum atomic E-state index is 11.8. The van der Waals surface area contributed by atoms with Crippen LogP contribution in [0.3, 0.4) is 0 Å². The normalized spacial score (nSPS) is 10.6. The van der Waals surface area contributed by atoms with Crippen LogP contribution in [-0.4, -0.2) is 35.9 Å². The number of aromatic hydroxyl groups is 1. The fraction of sp³-hybridized carbons (Fsp3) is 0.222. The number of aryl methyl sites for hydroxylation is 1. The first kappa shape index (κ1) is 19.7. The second kappa shape index (κ2) is 9.18. The number of benzene rings is 2. The summed E-state index contributed by atoms with van der Waals surface area (Å²) in [6.07, 6.45) is 2.06. The van der Waals surface area contributed by atoms with Crippen LogP contribution in [0.2, 0.25) is 0 Å². The minimum absolute atomic E-state index is 0.0730. The number of rotatable bonds is 8. The minimum Gasteiger partial charge on any atom is -0.500 e. The number of hydrogen-bond acceptors (Lipinski definition) is 7. The number of phenols is 1. The van der Waals surface area contributed by atoms with E-state index in [-0.39, 0.29) is 17.9 Å². The smallest absolute Gasteiger partial charge is 0.315 e. The Morgan fingerprint density at radius 3 is 2.81 bits per heavy atom. The first-order valence-electron chi connectivity index (χ1n) is 8.03. The van der Waals surface area contributed by atoms with E-state index in [1.807, 2.05) is 25.1 Å². The Hall–Kier alpha value is -3.62. The van der Waals surface area contributed by atoms with Gasteiger partial charge in [-0.1, -0.05) is 19.1 Å². The van der Waals surface area contributed by atoms with Crippen molar-refractivity contribution in [2.45, 2.75) is 13.3 Å². The van der Waals surface area contributed by atoms with Crippen LogP contribution in [0.15, 0.2) is 41.5 Å². The van der Waals surface area contributed by atoms with Crippen molar-refractivity contribution >= 4 is 17.8 Å². The van der Waals surface area contributed by atoms with Gasteiger partial charge in [0.25, 0.3) is 5.91 Å². The molecule has 0 saturated heterocycles. The van der Waals surface area contributed by atoms with Crippen molar-refractivity contribution in [3.05, 3.63) is 57.6 Å². The highest BCUT2D eigenvalue weighted by atomic mass is 16.6. The monoisotopic (exact) mass is 373 g/mol. The fourth-order valence-corrected chi connectivity index (χ4v) is 2.20. The molecule has 0 fully saturated rings. The fourth-order valence-electron chi connectivity index (χ4n) is 2.20. The molecule has 27 heavy (non-hydrogen) atoms. The number of methoxy groups -OCH3 is 1. The molecule has 0 spiro atoms. The summed E-state index contributed by atoms with van der Waals surface area (Å²) in [6.45, 7) is 1.78. The van der Waals surface area contributed by atoms with Crippen molar-refractivity contribution in [3.8, 4) is 17.2 Å². The van der Waals surface area contributed by atoms with E-state index in [4.69, 9.17) is 9.47 Å². The number of phenolic OH excluding ortho intramolecular Hbond substituents is 1. The van der Waals surface area contributed by atoms with Gasteiger partial charge in [0.2, 0.25) is 5.75 Å². The zero-order chi connectivity index (χ0) is 19.8. The van der Waals surface area contributed by atoms with Crippen molar-refractivity contribution in [2.75, 3.05) is 13.7 Å². The molecule has 0 heterocycles. The first-order chi connectivity index (χ1) is 12.9. The molecule has 0 aliphatic rings. The van der Waals surface area contributed by atoms with Crippen LogP contribution < -0.4 is 14.9 Å². The number of carbonyl (C=O) groups is 1. The van der Waals surface area contributed by atoms with Crippen molar-refractivity contribution in [1.29, 1.82) is 0 Å². The van der Waals surface area contributed by atoms with Crippen LogP contribution in [0, 0.1) is 10.1 Å². The molecule has 0 aromatic heterocycles. The third-order valence-electron chi connectivity index (χ3n) is 3.57. The number of nitrogens with one attached hydrogen (secondary N) is 1. The molecular weight excluding hydrogens is 354 g/mol. The summed E-state index contributed by atoms with van der Waals surface area (Å²) in [6, 6.07) is 9.86. The summed E-state index contributed by atoms with van der Waals surface area (Å²) >= 11 is 0. The predicted octanol–water partition coefficient (Wildman–Crippen LogP) is 2.40. The van der Waals surface area contributed by atoms with Gasteiger partial charge in [0.15, 0.2) is 12.4 Å². The quantitative estimate of drug-likeness (QED) is 0.416. The van der Waals surface area contributed by atoms with E-state index in [9.17, 15) is 20.0 Å². The van der Waals surface area contributed by atoms with E-state index >= 15 is 0 Å². The summed E-state index contributed by atoms with van der Waals surface area (Å²) in [5.41, 5.74) is 3.10. The van der Waals surface area contributed by atoms with Crippen LogP contribution in [0.1, 0.15) is 18.1 Å². The Bertz CT molecular complexity index is 866. The Labute approximate surface area is 155 Å². The molecule has 0 unspecified atom stereocenters. The third kappa shape index (κ3) is 5.43. The standard InChI is InChI=1S/C18H19N3O6/c1-3-12-5-4-6-14(7-12)27-11-17(22)20-19-10-13-8-15(21(24)25)18(23)16(9-13)26-2/h4-10,23H,3,11H2,1-2H3,(H,20,22)/b19-10+. The summed E-state index contributed by atoms with van der Waals surface area (Å²) in [7, 11) is 1.27. The zero-order valence-electron chi connectivity index (χ0n) is 14.8. The molecule has 2 aromatic carbocycles. The number of ether oxygens (including phenoxy) is 2. The Morgan fingerprint density at radius 1 is 1.37 bits per heavy atom. The maximum absolute atomic E-state index is 11.8. The number of amides is 1. The first-order valence-corrected chi connectivity index (χ1v) is 8.03. The molecular formula is C18H19N3O6. The van der Waals surface area contributed by atoms with E-state index in [2.05, 4.69) is 10.5 Å². The minimum atomic E-state index is -0.744. The Kier molecular flexibility index (Phi) is 6.70. The van der Waals surface area contributed by atoms with Gasteiger partial charge in [0.1, 0.15) is 5.75 Å². The number of nitrogens with zero attached hydrogens (tertiary/aromatic N) is 2. The highest BCUT2D eigenvalue weighted by molar-refractivity contribution is 5.85. The van der Waals surface area contributed by atoms with Gasteiger partial charge in [-0.15, -0.1) is 0 Å². The maximum Gasteiger partial charge on any atom is 0.315 e. The highest BCUT2D eigenvalue weighted by Gasteiger charge is 2.19. The molecule has 142 valence electrons. The molecule has 0 bridgehead atoms. The van der Waals surface area contributed by atoms with Gasteiger partial charge in [-0.2, -0.15) is 5.10 Å². The van der Waals surface area contributed by atoms with Crippen molar-refractivity contribution in [2.24, 2.45) is 5.10 Å². The SMILES string of the molecule is CCc1cccc(OCC(=O)N/N=C/c2cc(OC)c(O)c([N+](=O)[O-])c2)c1. The third-order valence-corrected chi connectivity index (χ3v) is 3.57. The van der Waals surface area contributed by atoms with Gasteiger partial charge in [-0.05, 0) is 30.2 Å². The summed E-state index contributed by atoms with van der Waals surface area (Å²) in [4.78, 5) is 22.0. The van der Waals surface area contributed by atoms with Gasteiger partial charge in [-0.25, -0.2) is 5.43 Å². The number of hydrogen-bond donors (Lipinski definition) is 2. The number of nitro benzene ring substituents is 1. The lowest BCUT2D eigenvalue weighted by Crippen LogP contribution is -2.24.